The van der Waals surface area contributed by atoms with Gasteiger partial charge in [0.25, 0.3) is 0 Å². The topological polar surface area (TPSA) is 142 Å². The molecule has 0 spiro atoms. The molecule has 1 aliphatic rings. The molecule has 1 fully saturated rings. The SMILES string of the molecule is CCS(=O)(=O)N1CC[C@H](Nc2c(Br)cnc3nc(-c4cc(C)n(-c5cccc(NS(C)(=O)=O)c5)c4C)[nH]c23)C1. The van der Waals surface area contributed by atoms with E-state index in [4.69, 9.17) is 4.98 Å². The first-order chi connectivity index (χ1) is 18.4. The molecule has 0 saturated carbocycles. The fraction of sp³-hybridized carbons (Fsp3) is 0.360. The van der Waals surface area contributed by atoms with Crippen molar-refractivity contribution in [3.05, 3.63) is 52.4 Å². The number of nitrogens with zero attached hydrogens (tertiary/aromatic N) is 4. The molecule has 4 heterocycles. The number of benzene rings is 1. The van der Waals surface area contributed by atoms with E-state index in [0.717, 1.165) is 44.6 Å². The van der Waals surface area contributed by atoms with Gasteiger partial charge in [0.15, 0.2) is 5.65 Å². The lowest BCUT2D eigenvalue weighted by Gasteiger charge is -2.17. The van der Waals surface area contributed by atoms with Crippen molar-refractivity contribution in [3.8, 4) is 17.1 Å². The van der Waals surface area contributed by atoms with Crippen LogP contribution in [0.15, 0.2) is 41.0 Å². The maximum atomic E-state index is 12.3. The number of halogens is 1. The average Bonchev–Trinajstić information content (AvgIpc) is 3.57. The van der Waals surface area contributed by atoms with Gasteiger partial charge in [-0.3, -0.25) is 4.72 Å². The van der Waals surface area contributed by atoms with Crippen LogP contribution in [0.4, 0.5) is 11.4 Å². The van der Waals surface area contributed by atoms with Crippen molar-refractivity contribution in [2.75, 3.05) is 35.1 Å². The van der Waals surface area contributed by atoms with Crippen LogP contribution in [-0.4, -0.2) is 71.8 Å². The van der Waals surface area contributed by atoms with Crippen molar-refractivity contribution >= 4 is 58.5 Å². The van der Waals surface area contributed by atoms with Gasteiger partial charge in [-0.15, -0.1) is 0 Å². The van der Waals surface area contributed by atoms with Crippen molar-refractivity contribution in [2.24, 2.45) is 0 Å². The number of H-pyrrole nitrogens is 1. The smallest absolute Gasteiger partial charge is 0.229 e. The third-order valence-electron chi connectivity index (χ3n) is 6.83. The van der Waals surface area contributed by atoms with Gasteiger partial charge in [0, 0.05) is 48.0 Å². The third kappa shape index (κ3) is 5.55. The average molecular weight is 637 g/mol. The number of pyridine rings is 1. The molecule has 5 rings (SSSR count). The lowest BCUT2D eigenvalue weighted by Crippen LogP contribution is -2.32. The molecule has 3 N–H and O–H groups in total. The van der Waals surface area contributed by atoms with Crippen molar-refractivity contribution in [3.63, 3.8) is 0 Å². The van der Waals surface area contributed by atoms with Gasteiger partial charge in [0.1, 0.15) is 11.3 Å². The Kier molecular flexibility index (Phi) is 7.24. The standard InChI is InChI=1S/C25H30BrN7O4S2/c1-5-39(36,37)32-10-9-18(14-32)28-22-21(26)13-27-25-23(22)29-24(30-25)20-11-15(2)33(16(20)3)19-8-6-7-17(12-19)31-38(4,34)35/h6-8,11-13,18,31H,5,9-10,14H2,1-4H3,(H2,27,28,29,30)/t18-/m0/s1. The van der Waals surface area contributed by atoms with Gasteiger partial charge in [-0.05, 0) is 67.4 Å². The number of hydrogen-bond donors (Lipinski definition) is 3. The van der Waals surface area contributed by atoms with Gasteiger partial charge >= 0.3 is 0 Å². The maximum Gasteiger partial charge on any atom is 0.229 e. The predicted molar refractivity (Wildman–Crippen MR) is 157 cm³/mol. The molecular formula is C25H30BrN7O4S2. The summed E-state index contributed by atoms with van der Waals surface area (Å²) < 4.78 is 54.9. The molecule has 0 unspecified atom stereocenters. The molecule has 39 heavy (non-hydrogen) atoms. The Hall–Kier alpha value is -2.94. The summed E-state index contributed by atoms with van der Waals surface area (Å²) in [6.45, 7) is 6.51. The summed E-state index contributed by atoms with van der Waals surface area (Å²) in [7, 11) is -6.64. The van der Waals surface area contributed by atoms with Gasteiger partial charge in [0.2, 0.25) is 20.0 Å². The number of anilines is 2. The molecule has 0 radical (unpaired) electrons. The second kappa shape index (κ2) is 10.2. The largest absolute Gasteiger partial charge is 0.378 e. The van der Waals surface area contributed by atoms with Crippen LogP contribution >= 0.6 is 15.9 Å². The van der Waals surface area contributed by atoms with Crippen molar-refractivity contribution in [2.45, 2.75) is 33.2 Å². The van der Waals surface area contributed by atoms with Gasteiger partial charge in [-0.25, -0.2) is 26.8 Å². The summed E-state index contributed by atoms with van der Waals surface area (Å²) in [5.74, 6) is 0.731. The molecule has 208 valence electrons. The second-order valence-electron chi connectivity index (χ2n) is 9.70. The number of aromatic amines is 1. The number of aromatic nitrogens is 4. The van der Waals surface area contributed by atoms with E-state index in [1.165, 1.54) is 4.31 Å². The molecule has 1 aliphatic heterocycles. The Morgan fingerprint density at radius 3 is 2.67 bits per heavy atom. The van der Waals surface area contributed by atoms with E-state index in [1.807, 2.05) is 30.5 Å². The van der Waals surface area contributed by atoms with Crippen LogP contribution in [0.1, 0.15) is 24.7 Å². The molecule has 11 nitrogen and oxygen atoms in total. The highest BCUT2D eigenvalue weighted by molar-refractivity contribution is 9.10. The molecule has 0 amide bonds. The molecule has 1 atom stereocenters. The van der Waals surface area contributed by atoms with Gasteiger partial charge in [-0.2, -0.15) is 4.31 Å². The van der Waals surface area contributed by atoms with E-state index in [2.05, 4.69) is 35.9 Å². The summed E-state index contributed by atoms with van der Waals surface area (Å²) in [6.07, 6.45) is 3.51. The molecular weight excluding hydrogens is 606 g/mol. The molecule has 3 aromatic heterocycles. The monoisotopic (exact) mass is 635 g/mol. The number of sulfonamides is 2. The summed E-state index contributed by atoms with van der Waals surface area (Å²) >= 11 is 3.59. The van der Waals surface area contributed by atoms with E-state index >= 15 is 0 Å². The highest BCUT2D eigenvalue weighted by Crippen LogP contribution is 2.35. The van der Waals surface area contributed by atoms with Crippen molar-refractivity contribution in [1.29, 1.82) is 0 Å². The number of aryl methyl sites for hydroxylation is 1. The first kappa shape index (κ1) is 27.6. The summed E-state index contributed by atoms with van der Waals surface area (Å²) in [5, 5.41) is 3.50. The number of imidazole rings is 1. The number of nitrogens with one attached hydrogen (secondary N) is 3. The lowest BCUT2D eigenvalue weighted by atomic mass is 10.2. The molecule has 14 heteroatoms. The Bertz CT molecular complexity index is 1780. The normalized spacial score (nSPS) is 16.7. The maximum absolute atomic E-state index is 12.3. The van der Waals surface area contributed by atoms with Crippen LogP contribution in [0.5, 0.6) is 0 Å². The van der Waals surface area contributed by atoms with E-state index < -0.39 is 20.0 Å². The Labute approximate surface area is 236 Å². The van der Waals surface area contributed by atoms with Gasteiger partial charge < -0.3 is 14.9 Å². The highest BCUT2D eigenvalue weighted by Gasteiger charge is 2.31. The van der Waals surface area contributed by atoms with Crippen molar-refractivity contribution < 1.29 is 16.8 Å². The zero-order valence-electron chi connectivity index (χ0n) is 22.0. The third-order valence-corrected chi connectivity index (χ3v) is 9.88. The zero-order valence-corrected chi connectivity index (χ0v) is 25.2. The molecule has 0 aliphatic carbocycles. The van der Waals surface area contributed by atoms with Crippen LogP contribution in [0.3, 0.4) is 0 Å². The number of hydrogen-bond acceptors (Lipinski definition) is 7. The fourth-order valence-corrected chi connectivity index (χ4v) is 7.14. The van der Waals surface area contributed by atoms with E-state index in [0.29, 0.717) is 36.7 Å². The predicted octanol–water partition coefficient (Wildman–Crippen LogP) is 4.00. The number of fused-ring (bicyclic) bond motifs is 1. The van der Waals surface area contributed by atoms with Gasteiger partial charge in [0.05, 0.1) is 27.9 Å². The first-order valence-corrected chi connectivity index (χ1v) is 16.7. The zero-order chi connectivity index (χ0) is 28.1. The molecule has 4 aromatic rings. The van der Waals surface area contributed by atoms with Gasteiger partial charge in [-0.1, -0.05) is 6.07 Å². The lowest BCUT2D eigenvalue weighted by molar-refractivity contribution is 0.476. The quantitative estimate of drug-likeness (QED) is 0.266. The summed E-state index contributed by atoms with van der Waals surface area (Å²) in [4.78, 5) is 12.7. The minimum Gasteiger partial charge on any atom is -0.378 e. The summed E-state index contributed by atoms with van der Waals surface area (Å²) in [5.41, 5.74) is 6.11. The minimum absolute atomic E-state index is 0.0436. The van der Waals surface area contributed by atoms with E-state index in [9.17, 15) is 16.8 Å². The Balaban J connectivity index is 1.48. The van der Waals surface area contributed by atoms with Crippen molar-refractivity contribution in [1.82, 2.24) is 23.8 Å². The molecule has 1 aromatic carbocycles. The molecule has 1 saturated heterocycles. The molecule has 0 bridgehead atoms. The highest BCUT2D eigenvalue weighted by atomic mass is 79.9. The van der Waals surface area contributed by atoms with Crippen LogP contribution in [0.25, 0.3) is 28.2 Å². The second-order valence-corrected chi connectivity index (χ2v) is 14.6. The first-order valence-electron chi connectivity index (χ1n) is 12.4. The summed E-state index contributed by atoms with van der Waals surface area (Å²) in [6, 6.07) is 9.19. The minimum atomic E-state index is -3.40. The Morgan fingerprint density at radius 1 is 1.18 bits per heavy atom. The number of rotatable bonds is 8. The van der Waals surface area contributed by atoms with E-state index in [-0.39, 0.29) is 11.8 Å². The van der Waals surface area contributed by atoms with Crippen LogP contribution in [0.2, 0.25) is 0 Å². The van der Waals surface area contributed by atoms with E-state index in [1.54, 1.807) is 31.3 Å². The Morgan fingerprint density at radius 2 is 1.95 bits per heavy atom. The van der Waals surface area contributed by atoms with Crippen LogP contribution < -0.4 is 10.0 Å². The fourth-order valence-electron chi connectivity index (χ4n) is 5.01. The van der Waals surface area contributed by atoms with Crippen LogP contribution in [0, 0.1) is 13.8 Å². The van der Waals surface area contributed by atoms with Crippen LogP contribution in [-0.2, 0) is 20.0 Å².